The predicted octanol–water partition coefficient (Wildman–Crippen LogP) is 9.71. The van der Waals surface area contributed by atoms with Crippen molar-refractivity contribution in [3.05, 3.63) is 165 Å². The Hall–Kier alpha value is -7.08. The van der Waals surface area contributed by atoms with Crippen molar-refractivity contribution in [1.29, 1.82) is 0 Å². The highest BCUT2D eigenvalue weighted by Gasteiger charge is 2.36. The summed E-state index contributed by atoms with van der Waals surface area (Å²) in [5.74, 6) is -1.24. The minimum absolute atomic E-state index is 0. The van der Waals surface area contributed by atoms with E-state index in [1.807, 2.05) is 0 Å². The summed E-state index contributed by atoms with van der Waals surface area (Å²) in [4.78, 5) is 43.3. The standard InChI is InChI=1S/C21H14ClF3N4O4S.C21H14ClF3N4O3S.CH4/c1-11-10-29(31)20-13(6-8-27-20)17(11)19(30)18-16(3-2-7-26-18)28-34(32,33)12-4-5-15(22)14(9-12)21(23,24)25;1-11-10-28-20-13(6-8-27-20)17(11)19(30)18-16(3-2-7-26-18)29-33(31,32)12-4-5-15(22)14(9-12)21(23,24)25;/h2-10,31H,1H3,(H,28,30);2-10,29H,1H3,(H,27,28);1H4/p+1. The van der Waals surface area contributed by atoms with Gasteiger partial charge in [-0.05, 0) is 92.2 Å². The topological polar surface area (TPSA) is 221 Å². The van der Waals surface area contributed by atoms with Crippen LogP contribution in [0.5, 0.6) is 0 Å². The molecule has 0 saturated carbocycles. The lowest BCUT2D eigenvalue weighted by Gasteiger charge is -2.14. The number of rotatable bonds is 10. The van der Waals surface area contributed by atoms with Crippen LogP contribution in [0.4, 0.5) is 37.7 Å². The summed E-state index contributed by atoms with van der Waals surface area (Å²) in [5.41, 5.74) is -1.49. The molecular formula is C43H33Cl2F6N8O7S2+. The van der Waals surface area contributed by atoms with Crippen LogP contribution in [0.2, 0.25) is 10.0 Å². The van der Waals surface area contributed by atoms with Gasteiger partial charge < -0.3 is 10.2 Å². The predicted molar refractivity (Wildman–Crippen MR) is 238 cm³/mol. The van der Waals surface area contributed by atoms with Gasteiger partial charge in [-0.1, -0.05) is 35.4 Å². The van der Waals surface area contributed by atoms with Gasteiger partial charge in [-0.15, -0.1) is 0 Å². The first-order valence-corrected chi connectivity index (χ1v) is 22.5. The van der Waals surface area contributed by atoms with Crippen LogP contribution in [0, 0.1) is 13.8 Å². The van der Waals surface area contributed by atoms with Crippen molar-refractivity contribution in [2.75, 3.05) is 9.44 Å². The van der Waals surface area contributed by atoms with Crippen LogP contribution in [0.15, 0.2) is 120 Å². The van der Waals surface area contributed by atoms with Crippen LogP contribution in [0.3, 0.4) is 0 Å². The lowest BCUT2D eigenvalue weighted by atomic mass is 10.00. The number of nitrogens with one attached hydrogen (secondary N) is 4. The minimum atomic E-state index is -4.87. The Morgan fingerprint density at radius 3 is 1.60 bits per heavy atom. The molecule has 0 aliphatic rings. The summed E-state index contributed by atoms with van der Waals surface area (Å²) in [6.07, 6.45) is -1.24. The van der Waals surface area contributed by atoms with E-state index in [0.29, 0.717) is 39.7 Å². The van der Waals surface area contributed by atoms with Gasteiger partial charge in [0.2, 0.25) is 11.6 Å². The number of aromatic nitrogens is 6. The Morgan fingerprint density at radius 1 is 0.662 bits per heavy atom. The highest BCUT2D eigenvalue weighted by Crippen LogP contribution is 2.38. The Morgan fingerprint density at radius 2 is 1.12 bits per heavy atom. The van der Waals surface area contributed by atoms with Crippen molar-refractivity contribution in [2.24, 2.45) is 0 Å². The van der Waals surface area contributed by atoms with Crippen LogP contribution in [0.1, 0.15) is 61.8 Å². The molecule has 0 amide bonds. The quantitative estimate of drug-likeness (QED) is 0.0378. The maximum atomic E-state index is 13.4. The zero-order chi connectivity index (χ0) is 48.8. The molecule has 5 N–H and O–H groups in total. The Balaban J connectivity index is 0.000000221. The van der Waals surface area contributed by atoms with E-state index in [9.17, 15) is 58.0 Å². The number of benzene rings is 2. The first-order valence-electron chi connectivity index (χ1n) is 18.8. The molecule has 15 nitrogen and oxygen atoms in total. The number of alkyl halides is 6. The third-order valence-electron chi connectivity index (χ3n) is 9.81. The van der Waals surface area contributed by atoms with Crippen LogP contribution in [-0.4, -0.2) is 58.5 Å². The number of halogens is 8. The number of anilines is 2. The molecule has 0 aliphatic carbocycles. The number of carbonyl (C=O) groups is 2. The van der Waals surface area contributed by atoms with E-state index in [0.717, 1.165) is 29.0 Å². The van der Waals surface area contributed by atoms with E-state index in [-0.39, 0.29) is 47.0 Å². The van der Waals surface area contributed by atoms with Gasteiger partial charge in [-0.2, -0.15) is 26.3 Å². The third-order valence-corrected chi connectivity index (χ3v) is 13.2. The Kier molecular flexibility index (Phi) is 14.0. The second-order valence-corrected chi connectivity index (χ2v) is 18.5. The van der Waals surface area contributed by atoms with E-state index in [1.165, 1.54) is 55.2 Å². The summed E-state index contributed by atoms with van der Waals surface area (Å²) in [6, 6.07) is 12.9. The number of carbonyl (C=O) groups excluding carboxylic acids is 2. The third kappa shape index (κ3) is 10.1. The van der Waals surface area contributed by atoms with Crippen LogP contribution in [0.25, 0.3) is 22.1 Å². The average Bonchev–Trinajstić information content (AvgIpc) is 3.94. The second-order valence-electron chi connectivity index (χ2n) is 14.3. The van der Waals surface area contributed by atoms with Crippen molar-refractivity contribution in [3.8, 4) is 0 Å². The van der Waals surface area contributed by atoms with Crippen LogP contribution in [-0.2, 0) is 32.4 Å². The number of pyridine rings is 4. The largest absolute Gasteiger partial charge is 0.417 e. The molecule has 6 heterocycles. The fraction of sp³-hybridized carbons (Fsp3) is 0.116. The molecule has 0 fully saturated rings. The van der Waals surface area contributed by atoms with E-state index >= 15 is 0 Å². The Bertz CT molecular complexity index is 3510. The molecule has 8 aromatic rings. The molecule has 68 heavy (non-hydrogen) atoms. The van der Waals surface area contributed by atoms with E-state index < -0.39 is 74.9 Å². The lowest BCUT2D eigenvalue weighted by molar-refractivity contribution is -0.886. The number of ketones is 2. The van der Waals surface area contributed by atoms with E-state index in [4.69, 9.17) is 23.2 Å². The van der Waals surface area contributed by atoms with Crippen LogP contribution < -0.4 is 14.2 Å². The molecule has 2 aromatic carbocycles. The molecule has 0 saturated heterocycles. The number of hydrogen-bond donors (Lipinski definition) is 5. The highest BCUT2D eigenvalue weighted by atomic mass is 35.5. The smallest absolute Gasteiger partial charge is 0.350 e. The summed E-state index contributed by atoms with van der Waals surface area (Å²) in [6.45, 7) is 3.25. The number of hydrogen-bond acceptors (Lipinski definition) is 10. The number of aromatic amines is 2. The normalized spacial score (nSPS) is 12.0. The van der Waals surface area contributed by atoms with Gasteiger partial charge in [0, 0.05) is 46.9 Å². The van der Waals surface area contributed by atoms with E-state index in [1.54, 1.807) is 32.2 Å². The number of fused-ring (bicyclic) bond motifs is 2. The van der Waals surface area contributed by atoms with Crippen molar-refractivity contribution in [2.45, 2.75) is 43.4 Å². The summed E-state index contributed by atoms with van der Waals surface area (Å²) >= 11 is 11.2. The summed E-state index contributed by atoms with van der Waals surface area (Å²) in [5, 5.41) is 9.62. The Labute approximate surface area is 391 Å². The van der Waals surface area contributed by atoms with Gasteiger partial charge in [-0.3, -0.25) is 29.0 Å². The van der Waals surface area contributed by atoms with Gasteiger partial charge in [0.05, 0.1) is 53.9 Å². The molecule has 0 atom stereocenters. The molecule has 0 bridgehead atoms. The molecule has 0 aliphatic heterocycles. The first kappa shape index (κ1) is 50.3. The average molecular weight is 1020 g/mol. The molecular weight excluding hydrogens is 990 g/mol. The van der Waals surface area contributed by atoms with Crippen molar-refractivity contribution in [3.63, 3.8) is 0 Å². The second kappa shape index (κ2) is 18.9. The van der Waals surface area contributed by atoms with Gasteiger partial charge in [0.1, 0.15) is 23.2 Å². The SMILES string of the molecule is C.Cc1c[n+](O)c2[nH]ccc2c1C(=O)c1ncccc1NS(=O)(=O)c1ccc(Cl)c(C(F)(F)F)c1.Cc1cnc2[nH]ccc2c1C(=O)c1ncccc1NS(=O)(=O)c1ccc(Cl)c(C(F)(F)F)c1. The number of nitrogens with zero attached hydrogens (tertiary/aromatic N) is 4. The van der Waals surface area contributed by atoms with Gasteiger partial charge >= 0.3 is 18.0 Å². The van der Waals surface area contributed by atoms with Gasteiger partial charge in [0.15, 0.2) is 0 Å². The van der Waals surface area contributed by atoms with Crippen molar-refractivity contribution in [1.82, 2.24) is 24.9 Å². The lowest BCUT2D eigenvalue weighted by Crippen LogP contribution is -2.32. The first-order chi connectivity index (χ1) is 31.4. The molecule has 25 heteroatoms. The maximum absolute atomic E-state index is 13.4. The van der Waals surface area contributed by atoms with E-state index in [2.05, 4.69) is 34.4 Å². The number of H-pyrrole nitrogens is 2. The van der Waals surface area contributed by atoms with Crippen LogP contribution >= 0.6 is 23.2 Å². The molecule has 8 rings (SSSR count). The molecule has 0 unspecified atom stereocenters. The zero-order valence-corrected chi connectivity index (χ0v) is 37.1. The maximum Gasteiger partial charge on any atom is 0.417 e. The molecule has 354 valence electrons. The van der Waals surface area contributed by atoms with Crippen molar-refractivity contribution >= 4 is 88.3 Å². The fourth-order valence-electron chi connectivity index (χ4n) is 6.75. The minimum Gasteiger partial charge on any atom is -0.350 e. The molecule has 0 radical (unpaired) electrons. The fourth-order valence-corrected chi connectivity index (χ4v) is 9.38. The van der Waals surface area contributed by atoms with Gasteiger partial charge in [0.25, 0.3) is 20.0 Å². The number of aryl methyl sites for hydroxylation is 2. The van der Waals surface area contributed by atoms with Crippen molar-refractivity contribution < 1.29 is 62.7 Å². The summed E-state index contributed by atoms with van der Waals surface area (Å²) < 4.78 is 136. The highest BCUT2D eigenvalue weighted by molar-refractivity contribution is 7.93. The zero-order valence-electron chi connectivity index (χ0n) is 33.9. The molecule has 0 spiro atoms. The summed E-state index contributed by atoms with van der Waals surface area (Å²) in [7, 11) is -9.06. The monoisotopic (exact) mass is 1020 g/mol. The van der Waals surface area contributed by atoms with Gasteiger partial charge in [-0.25, -0.2) is 26.8 Å². The number of sulfonamides is 2. The molecule has 6 aromatic heterocycles.